The molecule has 0 bridgehead atoms. The number of guanidine groups is 1. The first-order valence-electron chi connectivity index (χ1n) is 9.48. The van der Waals surface area contributed by atoms with E-state index in [-0.39, 0.29) is 5.91 Å². The van der Waals surface area contributed by atoms with E-state index in [1.165, 1.54) is 42.6 Å². The van der Waals surface area contributed by atoms with Gasteiger partial charge in [0.05, 0.1) is 0 Å². The molecular formula is C20H28BN3O. The van der Waals surface area contributed by atoms with E-state index in [1.54, 1.807) is 7.05 Å². The van der Waals surface area contributed by atoms with Gasteiger partial charge in [0, 0.05) is 7.05 Å². The Hall–Kier alpha value is -1.78. The van der Waals surface area contributed by atoms with E-state index in [0.29, 0.717) is 11.9 Å². The third-order valence-electron chi connectivity index (χ3n) is 5.73. The van der Waals surface area contributed by atoms with Crippen molar-refractivity contribution in [3.63, 3.8) is 0 Å². The maximum absolute atomic E-state index is 12.9. The number of benzene rings is 1. The number of rotatable bonds is 6. The zero-order valence-electron chi connectivity index (χ0n) is 15.2. The van der Waals surface area contributed by atoms with E-state index in [2.05, 4.69) is 11.1 Å². The van der Waals surface area contributed by atoms with Crippen LogP contribution in [0.4, 0.5) is 0 Å². The number of hydrogen-bond acceptors (Lipinski definition) is 3. The Morgan fingerprint density at radius 2 is 2.08 bits per heavy atom. The predicted octanol–water partition coefficient (Wildman–Crippen LogP) is 2.30. The van der Waals surface area contributed by atoms with Gasteiger partial charge in [-0.3, -0.25) is 9.69 Å². The fourth-order valence-corrected chi connectivity index (χ4v) is 4.36. The standard InChI is InChI=1S/C20H28BN3O/c1-24-18(25)20(23-19(24)22,14-16-7-3-2-4-8-16)12-6-10-15-9-5-11-17(21)13-15/h5,9,11,13,16H,2-4,6-8,10,12,14H2,1H3,(H2,22,23). The molecule has 2 N–H and O–H groups in total. The van der Waals surface area contributed by atoms with Crippen molar-refractivity contribution in [2.75, 3.05) is 7.05 Å². The molecule has 1 unspecified atom stereocenters. The maximum Gasteiger partial charge on any atom is 0.257 e. The second-order valence-electron chi connectivity index (χ2n) is 7.67. The normalized spacial score (nSPS) is 24.6. The summed E-state index contributed by atoms with van der Waals surface area (Å²) in [5, 5.41) is 0. The first-order chi connectivity index (χ1) is 12.0. The summed E-state index contributed by atoms with van der Waals surface area (Å²) >= 11 is 0. The number of nitrogens with zero attached hydrogens (tertiary/aromatic N) is 2. The van der Waals surface area contributed by atoms with Crippen LogP contribution in [0.3, 0.4) is 0 Å². The molecule has 1 atom stereocenters. The molecule has 1 fully saturated rings. The maximum atomic E-state index is 12.9. The molecule has 0 spiro atoms. The smallest absolute Gasteiger partial charge is 0.257 e. The summed E-state index contributed by atoms with van der Waals surface area (Å²) in [6.07, 6.45) is 9.69. The Balaban J connectivity index is 1.69. The molecule has 1 saturated carbocycles. The van der Waals surface area contributed by atoms with Crippen molar-refractivity contribution in [2.45, 2.75) is 63.3 Å². The van der Waals surface area contributed by atoms with Crippen LogP contribution in [0.15, 0.2) is 29.3 Å². The zero-order valence-corrected chi connectivity index (χ0v) is 15.2. The van der Waals surface area contributed by atoms with Crippen LogP contribution in [0.5, 0.6) is 0 Å². The van der Waals surface area contributed by atoms with Gasteiger partial charge in [-0.05, 0) is 37.2 Å². The summed E-state index contributed by atoms with van der Waals surface area (Å²) in [6.45, 7) is 0. The SMILES string of the molecule is [B]c1cccc(CCCC2(CC3CCCCC3)N=C(N)N(C)C2=O)c1. The lowest BCUT2D eigenvalue weighted by Gasteiger charge is -2.31. The number of carbonyl (C=O) groups is 1. The number of carbonyl (C=O) groups excluding carboxylic acids is 1. The molecule has 2 aliphatic rings. The fraction of sp³-hybridized carbons (Fsp3) is 0.600. The van der Waals surface area contributed by atoms with Crippen LogP contribution in [0, 0.1) is 5.92 Å². The van der Waals surface area contributed by atoms with Gasteiger partial charge in [0.25, 0.3) is 5.91 Å². The van der Waals surface area contributed by atoms with Gasteiger partial charge in [0.2, 0.25) is 0 Å². The van der Waals surface area contributed by atoms with Gasteiger partial charge in [-0.15, -0.1) is 0 Å². The highest BCUT2D eigenvalue weighted by atomic mass is 16.2. The molecule has 0 saturated heterocycles. The summed E-state index contributed by atoms with van der Waals surface area (Å²) in [5.41, 5.74) is 7.34. The van der Waals surface area contributed by atoms with Crippen LogP contribution in [0.1, 0.15) is 56.9 Å². The molecule has 1 aromatic carbocycles. The number of aryl methyl sites for hydroxylation is 1. The number of hydrogen-bond donors (Lipinski definition) is 1. The molecule has 5 heteroatoms. The van der Waals surface area contributed by atoms with Crippen molar-refractivity contribution < 1.29 is 4.79 Å². The Kier molecular flexibility index (Phi) is 5.50. The average molecular weight is 337 g/mol. The Bertz CT molecular complexity index is 654. The van der Waals surface area contributed by atoms with Crippen LogP contribution in [0.25, 0.3) is 0 Å². The summed E-state index contributed by atoms with van der Waals surface area (Å²) < 4.78 is 0. The van der Waals surface area contributed by atoms with Gasteiger partial charge in [-0.1, -0.05) is 61.8 Å². The molecule has 1 heterocycles. The third-order valence-corrected chi connectivity index (χ3v) is 5.73. The average Bonchev–Trinajstić information content (AvgIpc) is 2.80. The van der Waals surface area contributed by atoms with Gasteiger partial charge in [-0.25, -0.2) is 4.99 Å². The fourth-order valence-electron chi connectivity index (χ4n) is 4.36. The first-order valence-corrected chi connectivity index (χ1v) is 9.48. The zero-order chi connectivity index (χ0) is 17.9. The lowest BCUT2D eigenvalue weighted by Crippen LogP contribution is -2.43. The number of likely N-dealkylation sites (N-methyl/N-ethyl adjacent to an activating group) is 1. The summed E-state index contributed by atoms with van der Waals surface area (Å²) in [4.78, 5) is 19.1. The largest absolute Gasteiger partial charge is 0.369 e. The highest BCUT2D eigenvalue weighted by Gasteiger charge is 2.47. The highest BCUT2D eigenvalue weighted by Crippen LogP contribution is 2.38. The number of aliphatic imine (C=N–C) groups is 1. The summed E-state index contributed by atoms with van der Waals surface area (Å²) in [5.74, 6) is 1.03. The molecule has 1 aliphatic carbocycles. The van der Waals surface area contributed by atoms with Crippen molar-refractivity contribution in [2.24, 2.45) is 16.6 Å². The minimum atomic E-state index is -0.652. The van der Waals surface area contributed by atoms with Crippen molar-refractivity contribution in [1.29, 1.82) is 0 Å². The van der Waals surface area contributed by atoms with E-state index in [9.17, 15) is 4.79 Å². The van der Waals surface area contributed by atoms with Gasteiger partial charge in [-0.2, -0.15) is 0 Å². The molecule has 1 aliphatic heterocycles. The Morgan fingerprint density at radius 1 is 1.32 bits per heavy atom. The quantitative estimate of drug-likeness (QED) is 0.810. The van der Waals surface area contributed by atoms with E-state index in [4.69, 9.17) is 13.6 Å². The second kappa shape index (κ2) is 7.63. The van der Waals surface area contributed by atoms with Gasteiger partial charge < -0.3 is 5.73 Å². The highest BCUT2D eigenvalue weighted by molar-refractivity contribution is 6.32. The molecule has 3 rings (SSSR count). The van der Waals surface area contributed by atoms with Gasteiger partial charge in [0.1, 0.15) is 13.4 Å². The van der Waals surface area contributed by atoms with Crippen molar-refractivity contribution in [1.82, 2.24) is 4.90 Å². The topological polar surface area (TPSA) is 58.7 Å². The molecule has 2 radical (unpaired) electrons. The second-order valence-corrected chi connectivity index (χ2v) is 7.67. The molecule has 1 amide bonds. The minimum absolute atomic E-state index is 0.0724. The Morgan fingerprint density at radius 3 is 2.72 bits per heavy atom. The van der Waals surface area contributed by atoms with E-state index < -0.39 is 5.54 Å². The molecule has 4 nitrogen and oxygen atoms in total. The van der Waals surface area contributed by atoms with Crippen molar-refractivity contribution in [3.8, 4) is 0 Å². The molecular weight excluding hydrogens is 309 g/mol. The molecule has 132 valence electrons. The van der Waals surface area contributed by atoms with Crippen LogP contribution >= 0.6 is 0 Å². The molecule has 0 aromatic heterocycles. The predicted molar refractivity (Wildman–Crippen MR) is 103 cm³/mol. The molecule has 25 heavy (non-hydrogen) atoms. The number of nitrogens with two attached hydrogens (primary N) is 1. The first kappa shape index (κ1) is 18.0. The monoisotopic (exact) mass is 337 g/mol. The lowest BCUT2D eigenvalue weighted by atomic mass is 9.77. The summed E-state index contributed by atoms with van der Waals surface area (Å²) in [6, 6.07) is 7.97. The van der Waals surface area contributed by atoms with Crippen molar-refractivity contribution >= 4 is 25.2 Å². The van der Waals surface area contributed by atoms with Crippen molar-refractivity contribution in [3.05, 3.63) is 29.8 Å². The van der Waals surface area contributed by atoms with E-state index >= 15 is 0 Å². The Labute approximate surface area is 152 Å². The summed E-state index contributed by atoms with van der Waals surface area (Å²) in [7, 11) is 7.60. The van der Waals surface area contributed by atoms with Crippen LogP contribution in [-0.2, 0) is 11.2 Å². The van der Waals surface area contributed by atoms with Crippen LogP contribution in [-0.4, -0.2) is 37.2 Å². The van der Waals surface area contributed by atoms with E-state index in [1.807, 2.05) is 18.2 Å². The van der Waals surface area contributed by atoms with E-state index in [0.717, 1.165) is 31.1 Å². The number of amides is 1. The van der Waals surface area contributed by atoms with Gasteiger partial charge in [0.15, 0.2) is 5.96 Å². The van der Waals surface area contributed by atoms with Crippen LogP contribution in [0.2, 0.25) is 0 Å². The lowest BCUT2D eigenvalue weighted by molar-refractivity contribution is -0.131. The molecule has 1 aromatic rings. The third kappa shape index (κ3) is 4.08. The van der Waals surface area contributed by atoms with Crippen LogP contribution < -0.4 is 11.2 Å². The van der Waals surface area contributed by atoms with Gasteiger partial charge >= 0.3 is 0 Å². The minimum Gasteiger partial charge on any atom is -0.369 e.